The molecule has 1 atom stereocenters. The van der Waals surface area contributed by atoms with Crippen LogP contribution in [0.3, 0.4) is 0 Å². The van der Waals surface area contributed by atoms with Gasteiger partial charge >= 0.3 is 0 Å². The van der Waals surface area contributed by atoms with Crippen LogP contribution in [-0.2, 0) is 9.59 Å². The average molecular weight is 405 g/mol. The molecule has 1 saturated carbocycles. The molecule has 0 aromatic heterocycles. The smallest absolute Gasteiger partial charge is 0.251 e. The molecule has 0 radical (unpaired) electrons. The predicted octanol–water partition coefficient (Wildman–Crippen LogP) is 4.33. The van der Waals surface area contributed by atoms with Crippen molar-refractivity contribution >= 4 is 23.6 Å². The number of nitrogens with one attached hydrogen (secondary N) is 1. The minimum atomic E-state index is -1.01. The van der Waals surface area contributed by atoms with Gasteiger partial charge in [0.15, 0.2) is 5.54 Å². The van der Waals surface area contributed by atoms with E-state index < -0.39 is 5.54 Å². The lowest BCUT2D eigenvalue weighted by atomic mass is 9.80. The Kier molecular flexibility index (Phi) is 5.88. The summed E-state index contributed by atoms with van der Waals surface area (Å²) in [6.45, 7) is 0. The molecule has 156 valence electrons. The van der Waals surface area contributed by atoms with E-state index in [2.05, 4.69) is 5.32 Å². The molecule has 4 rings (SSSR count). The highest BCUT2D eigenvalue weighted by atomic mass is 16.5. The number of β-lactam (4-membered cyclic amide) rings is 1. The molecule has 5 nitrogen and oxygen atoms in total. The number of benzene rings is 2. The van der Waals surface area contributed by atoms with Gasteiger partial charge in [-0.25, -0.2) is 0 Å². The lowest BCUT2D eigenvalue weighted by molar-refractivity contribution is -0.137. The lowest BCUT2D eigenvalue weighted by Gasteiger charge is -2.49. The summed E-state index contributed by atoms with van der Waals surface area (Å²) < 4.78 is 5.24. The third-order valence-electron chi connectivity index (χ3n) is 6.08. The number of methoxy groups -OCH3 is 1. The van der Waals surface area contributed by atoms with Crippen LogP contribution in [0, 0.1) is 0 Å². The Bertz CT molecular complexity index is 917. The maximum absolute atomic E-state index is 13.5. The van der Waals surface area contributed by atoms with Crippen LogP contribution in [0.25, 0.3) is 6.08 Å². The molecule has 1 aliphatic heterocycles. The second-order valence-corrected chi connectivity index (χ2v) is 8.08. The highest BCUT2D eigenvalue weighted by molar-refractivity contribution is 6.15. The highest BCUT2D eigenvalue weighted by Crippen LogP contribution is 2.40. The largest absolute Gasteiger partial charge is 0.497 e. The summed E-state index contributed by atoms with van der Waals surface area (Å²) in [5, 5.41) is 3.23. The van der Waals surface area contributed by atoms with Crippen LogP contribution < -0.4 is 15.0 Å². The van der Waals surface area contributed by atoms with Crippen molar-refractivity contribution in [3.63, 3.8) is 0 Å². The molecule has 2 fully saturated rings. The number of nitrogens with zero attached hydrogens (tertiary/aromatic N) is 1. The first-order valence-electron chi connectivity index (χ1n) is 10.6. The van der Waals surface area contributed by atoms with E-state index in [1.54, 1.807) is 12.0 Å². The van der Waals surface area contributed by atoms with Gasteiger partial charge in [0.1, 0.15) is 5.75 Å². The second-order valence-electron chi connectivity index (χ2n) is 8.08. The third-order valence-corrected chi connectivity index (χ3v) is 6.08. The first-order valence-corrected chi connectivity index (χ1v) is 10.6. The molecule has 2 amide bonds. The van der Waals surface area contributed by atoms with Gasteiger partial charge < -0.3 is 10.1 Å². The Morgan fingerprint density at radius 3 is 2.40 bits per heavy atom. The van der Waals surface area contributed by atoms with Gasteiger partial charge in [0.25, 0.3) is 5.91 Å². The van der Waals surface area contributed by atoms with Crippen molar-refractivity contribution in [1.82, 2.24) is 5.32 Å². The molecule has 30 heavy (non-hydrogen) atoms. The van der Waals surface area contributed by atoms with Crippen LogP contribution in [-0.4, -0.2) is 30.5 Å². The van der Waals surface area contributed by atoms with Crippen LogP contribution in [0.4, 0.5) is 5.69 Å². The first kappa shape index (κ1) is 20.2. The summed E-state index contributed by atoms with van der Waals surface area (Å²) in [7, 11) is 1.61. The molecule has 2 aromatic rings. The van der Waals surface area contributed by atoms with E-state index in [1.165, 1.54) is 6.42 Å². The van der Waals surface area contributed by atoms with Crippen LogP contribution in [0.2, 0.25) is 0 Å². The van der Waals surface area contributed by atoms with Crippen LogP contribution in [0.5, 0.6) is 5.75 Å². The zero-order valence-corrected chi connectivity index (χ0v) is 17.3. The Balaban J connectivity index is 1.66. The number of hydrogen-bond donors (Lipinski definition) is 1. The number of amides is 2. The van der Waals surface area contributed by atoms with Gasteiger partial charge in [-0.1, -0.05) is 55.7 Å². The van der Waals surface area contributed by atoms with Gasteiger partial charge in [-0.15, -0.1) is 0 Å². The standard InChI is InChI=1S/C25H28N2O3/c1-30-22-14-12-21(13-15-22)27-23(28)18-25(27,17-16-19-8-4-2-5-9-19)24(29)26-20-10-6-3-7-11-20/h2,4-5,8-9,12-17,20H,3,6-7,10-11,18H2,1H3,(H,26,29)/b17-16+. The number of ether oxygens (including phenoxy) is 1. The zero-order valence-electron chi connectivity index (χ0n) is 17.3. The monoisotopic (exact) mass is 404 g/mol. The van der Waals surface area contributed by atoms with Gasteiger partial charge in [0.05, 0.1) is 13.5 Å². The fraction of sp³-hybridized carbons (Fsp3) is 0.360. The topological polar surface area (TPSA) is 58.6 Å². The molecule has 5 heteroatoms. The van der Waals surface area contributed by atoms with Crippen LogP contribution in [0.15, 0.2) is 60.7 Å². The predicted molar refractivity (Wildman–Crippen MR) is 118 cm³/mol. The van der Waals surface area contributed by atoms with E-state index in [1.807, 2.05) is 66.7 Å². The minimum Gasteiger partial charge on any atom is -0.497 e. The van der Waals surface area contributed by atoms with Crippen molar-refractivity contribution in [1.29, 1.82) is 0 Å². The molecule has 2 aliphatic rings. The molecule has 1 heterocycles. The van der Waals surface area contributed by atoms with E-state index in [9.17, 15) is 9.59 Å². The number of rotatable bonds is 6. The normalized spacial score (nSPS) is 22.0. The molecule has 0 bridgehead atoms. The number of carbonyl (C=O) groups is 2. The maximum atomic E-state index is 13.5. The highest BCUT2D eigenvalue weighted by Gasteiger charge is 2.55. The first-order chi connectivity index (χ1) is 14.6. The Morgan fingerprint density at radius 1 is 1.07 bits per heavy atom. The fourth-order valence-corrected chi connectivity index (χ4v) is 4.37. The quantitative estimate of drug-likeness (QED) is 0.729. The second kappa shape index (κ2) is 8.74. The number of anilines is 1. The summed E-state index contributed by atoms with van der Waals surface area (Å²) in [6.07, 6.45) is 9.48. The molecule has 1 aliphatic carbocycles. The van der Waals surface area contributed by atoms with Crippen LogP contribution in [0.1, 0.15) is 44.1 Å². The van der Waals surface area contributed by atoms with Gasteiger partial charge in [0.2, 0.25) is 5.91 Å². The van der Waals surface area contributed by atoms with Crippen molar-refractivity contribution in [3.8, 4) is 5.75 Å². The number of hydrogen-bond acceptors (Lipinski definition) is 3. The van der Waals surface area contributed by atoms with Crippen molar-refractivity contribution in [2.75, 3.05) is 12.0 Å². The number of carbonyl (C=O) groups excluding carboxylic acids is 2. The van der Waals surface area contributed by atoms with Crippen molar-refractivity contribution < 1.29 is 14.3 Å². The summed E-state index contributed by atoms with van der Waals surface area (Å²) in [5.41, 5.74) is 0.679. The van der Waals surface area contributed by atoms with Crippen molar-refractivity contribution in [2.45, 2.75) is 50.1 Å². The summed E-state index contributed by atoms with van der Waals surface area (Å²) in [5.74, 6) is 0.553. The summed E-state index contributed by atoms with van der Waals surface area (Å²) >= 11 is 0. The fourth-order valence-electron chi connectivity index (χ4n) is 4.37. The average Bonchev–Trinajstić information content (AvgIpc) is 2.78. The molecular weight excluding hydrogens is 376 g/mol. The Labute approximate surface area is 177 Å². The minimum absolute atomic E-state index is 0.0586. The van der Waals surface area contributed by atoms with Gasteiger partial charge in [-0.05, 0) is 48.7 Å². The van der Waals surface area contributed by atoms with Crippen LogP contribution >= 0.6 is 0 Å². The van der Waals surface area contributed by atoms with E-state index in [-0.39, 0.29) is 24.3 Å². The molecule has 1 N–H and O–H groups in total. The van der Waals surface area contributed by atoms with Gasteiger partial charge in [-0.2, -0.15) is 0 Å². The van der Waals surface area contributed by atoms with E-state index in [0.717, 1.165) is 31.2 Å². The maximum Gasteiger partial charge on any atom is 0.251 e. The van der Waals surface area contributed by atoms with E-state index in [4.69, 9.17) is 4.74 Å². The SMILES string of the molecule is COc1ccc(N2C(=O)CC2(/C=C/c2ccccc2)C(=O)NC2CCCCC2)cc1. The Hall–Kier alpha value is -3.08. The zero-order chi connectivity index (χ0) is 21.0. The lowest BCUT2D eigenvalue weighted by Crippen LogP contribution is -2.70. The molecule has 1 saturated heterocycles. The molecular formula is C25H28N2O3. The van der Waals surface area contributed by atoms with Crippen molar-refractivity contribution in [3.05, 3.63) is 66.2 Å². The molecule has 0 spiro atoms. The third kappa shape index (κ3) is 3.97. The molecule has 2 aromatic carbocycles. The summed E-state index contributed by atoms with van der Waals surface area (Å²) in [6, 6.07) is 17.3. The summed E-state index contributed by atoms with van der Waals surface area (Å²) in [4.78, 5) is 27.8. The Morgan fingerprint density at radius 2 is 1.77 bits per heavy atom. The molecule has 1 unspecified atom stereocenters. The van der Waals surface area contributed by atoms with Crippen molar-refractivity contribution in [2.24, 2.45) is 0 Å². The van der Waals surface area contributed by atoms with E-state index in [0.29, 0.717) is 11.4 Å². The van der Waals surface area contributed by atoms with Gasteiger partial charge in [-0.3, -0.25) is 14.5 Å². The van der Waals surface area contributed by atoms with Gasteiger partial charge in [0, 0.05) is 11.7 Å². The van der Waals surface area contributed by atoms with E-state index >= 15 is 0 Å².